The number of ether oxygens (including phenoxy) is 1. The molecule has 0 radical (unpaired) electrons. The summed E-state index contributed by atoms with van der Waals surface area (Å²) < 4.78 is 5.01. The highest BCUT2D eigenvalue weighted by Gasteiger charge is 2.45. The molecule has 1 aliphatic rings. The minimum atomic E-state index is -2.65. The Labute approximate surface area is 157 Å². The number of hydrogen-bond acceptors (Lipinski definition) is 5. The Morgan fingerprint density at radius 1 is 1.27 bits per heavy atom. The van der Waals surface area contributed by atoms with Crippen molar-refractivity contribution in [2.75, 3.05) is 6.61 Å². The van der Waals surface area contributed by atoms with Crippen LogP contribution in [0.2, 0.25) is 0 Å². The number of rotatable bonds is 1. The largest absolute Gasteiger partial charge is 0.461 e. The van der Waals surface area contributed by atoms with Gasteiger partial charge in [0.15, 0.2) is 0 Å². The first-order chi connectivity index (χ1) is 12.0. The minimum Gasteiger partial charge on any atom is -0.461 e. The molecule has 150 valence electrons. The van der Waals surface area contributed by atoms with Crippen molar-refractivity contribution in [2.24, 2.45) is 17.3 Å². The highest BCUT2D eigenvalue weighted by Crippen LogP contribution is 2.35. The van der Waals surface area contributed by atoms with Crippen LogP contribution in [0.15, 0.2) is 11.6 Å². The Balaban J connectivity index is 3.03. The second-order valence-corrected chi connectivity index (χ2v) is 8.55. The van der Waals surface area contributed by atoms with Gasteiger partial charge >= 0.3 is 5.97 Å². The third-order valence-electron chi connectivity index (χ3n) is 5.34. The summed E-state index contributed by atoms with van der Waals surface area (Å²) in [7, 11) is 0. The number of aliphatic hydroxyl groups is 2. The Bertz CT molecular complexity index is 518. The van der Waals surface area contributed by atoms with Crippen molar-refractivity contribution in [2.45, 2.75) is 85.4 Å². The zero-order valence-corrected chi connectivity index (χ0v) is 17.0. The number of ketones is 1. The van der Waals surface area contributed by atoms with E-state index in [0.29, 0.717) is 18.8 Å². The monoisotopic (exact) mass is 368 g/mol. The Kier molecular flexibility index (Phi) is 8.48. The molecule has 0 aromatic carbocycles. The van der Waals surface area contributed by atoms with Gasteiger partial charge in [0.2, 0.25) is 0 Å². The van der Waals surface area contributed by atoms with Crippen LogP contribution in [0, 0.1) is 17.3 Å². The molecule has 0 spiro atoms. The molecule has 0 amide bonds. The quantitative estimate of drug-likeness (QED) is 0.418. The average Bonchev–Trinajstić information content (AvgIpc) is 2.53. The predicted molar refractivity (Wildman–Crippen MR) is 101 cm³/mol. The lowest BCUT2D eigenvalue weighted by Gasteiger charge is -2.33. The SMILES string of the molecule is CCC1CC(C)CCC/C(C)=C\CCOC(=O)C(O)(O)CC(C)(C)C1=O. The van der Waals surface area contributed by atoms with Gasteiger partial charge in [-0.2, -0.15) is 0 Å². The fraction of sp³-hybridized carbons (Fsp3) is 0.810. The van der Waals surface area contributed by atoms with E-state index < -0.39 is 17.2 Å². The summed E-state index contributed by atoms with van der Waals surface area (Å²) in [5.74, 6) is -3.47. The highest BCUT2D eigenvalue weighted by atomic mass is 16.6. The van der Waals surface area contributed by atoms with Crippen molar-refractivity contribution >= 4 is 11.8 Å². The molecule has 0 aromatic heterocycles. The van der Waals surface area contributed by atoms with Crippen molar-refractivity contribution in [1.29, 1.82) is 0 Å². The van der Waals surface area contributed by atoms with E-state index in [2.05, 4.69) is 13.8 Å². The third-order valence-corrected chi connectivity index (χ3v) is 5.34. The molecule has 0 bridgehead atoms. The second kappa shape index (κ2) is 9.65. The Hall–Kier alpha value is -1.20. The van der Waals surface area contributed by atoms with Gasteiger partial charge in [-0.3, -0.25) is 4.79 Å². The van der Waals surface area contributed by atoms with E-state index in [1.165, 1.54) is 5.57 Å². The van der Waals surface area contributed by atoms with Crippen LogP contribution in [-0.2, 0) is 14.3 Å². The van der Waals surface area contributed by atoms with Gasteiger partial charge in [0.25, 0.3) is 5.79 Å². The van der Waals surface area contributed by atoms with Crippen molar-refractivity contribution in [3.05, 3.63) is 11.6 Å². The molecular weight excluding hydrogens is 332 g/mol. The molecule has 1 heterocycles. The average molecular weight is 369 g/mol. The van der Waals surface area contributed by atoms with Crippen LogP contribution in [0.5, 0.6) is 0 Å². The highest BCUT2D eigenvalue weighted by molar-refractivity contribution is 5.87. The maximum Gasteiger partial charge on any atom is 0.366 e. The smallest absolute Gasteiger partial charge is 0.366 e. The molecule has 2 N–H and O–H groups in total. The molecule has 1 rings (SSSR count). The molecule has 0 fully saturated rings. The number of esters is 1. The number of Topliss-reactive ketones (excluding diaryl/α,β-unsaturated/α-hetero) is 1. The summed E-state index contributed by atoms with van der Waals surface area (Å²) in [4.78, 5) is 25.1. The molecule has 2 unspecified atom stereocenters. The van der Waals surface area contributed by atoms with E-state index >= 15 is 0 Å². The van der Waals surface area contributed by atoms with Crippen LogP contribution in [0.3, 0.4) is 0 Å². The van der Waals surface area contributed by atoms with Crippen molar-refractivity contribution in [3.8, 4) is 0 Å². The molecule has 2 atom stereocenters. The molecule has 0 aromatic rings. The van der Waals surface area contributed by atoms with Gasteiger partial charge in [0.1, 0.15) is 5.78 Å². The standard InChI is InChI=1S/C21H36O5/c1-6-17-13-16(3)10-7-9-15(2)11-8-12-26-19(23)21(24,25)14-20(4,5)18(17)22/h11,16-17,24-25H,6-10,12-14H2,1-5H3/b15-11-. The minimum absolute atomic E-state index is 0.0182. The van der Waals surface area contributed by atoms with E-state index in [0.717, 1.165) is 25.7 Å². The molecule has 0 aliphatic carbocycles. The van der Waals surface area contributed by atoms with Gasteiger partial charge < -0.3 is 14.9 Å². The number of carbonyl (C=O) groups is 2. The van der Waals surface area contributed by atoms with Crippen molar-refractivity contribution in [3.63, 3.8) is 0 Å². The number of allylic oxidation sites excluding steroid dienone is 1. The third kappa shape index (κ3) is 6.84. The van der Waals surface area contributed by atoms with Crippen LogP contribution >= 0.6 is 0 Å². The topological polar surface area (TPSA) is 83.8 Å². The van der Waals surface area contributed by atoms with Crippen LogP contribution in [0.1, 0.15) is 79.6 Å². The molecule has 5 nitrogen and oxygen atoms in total. The molecule has 5 heteroatoms. The maximum absolute atomic E-state index is 13.0. The van der Waals surface area contributed by atoms with Crippen LogP contribution in [0.4, 0.5) is 0 Å². The summed E-state index contributed by atoms with van der Waals surface area (Å²) >= 11 is 0. The number of carbonyl (C=O) groups excluding carboxylic acids is 2. The van der Waals surface area contributed by atoms with Crippen LogP contribution in [-0.4, -0.2) is 34.4 Å². The van der Waals surface area contributed by atoms with Gasteiger partial charge in [-0.25, -0.2) is 4.79 Å². The summed E-state index contributed by atoms with van der Waals surface area (Å²) in [6, 6.07) is 0. The first-order valence-electron chi connectivity index (χ1n) is 9.81. The Morgan fingerprint density at radius 2 is 1.92 bits per heavy atom. The van der Waals surface area contributed by atoms with Gasteiger partial charge in [0.05, 0.1) is 6.61 Å². The number of hydrogen-bond donors (Lipinski definition) is 2. The lowest BCUT2D eigenvalue weighted by molar-refractivity contribution is -0.218. The molecule has 26 heavy (non-hydrogen) atoms. The predicted octanol–water partition coefficient (Wildman–Crippen LogP) is 3.77. The zero-order valence-electron chi connectivity index (χ0n) is 17.0. The van der Waals surface area contributed by atoms with Gasteiger partial charge in [-0.15, -0.1) is 0 Å². The van der Waals surface area contributed by atoms with E-state index in [1.807, 2.05) is 13.0 Å². The molecule has 0 saturated carbocycles. The fourth-order valence-corrected chi connectivity index (χ4v) is 3.79. The van der Waals surface area contributed by atoms with Crippen molar-refractivity contribution in [1.82, 2.24) is 0 Å². The second-order valence-electron chi connectivity index (χ2n) is 8.55. The lowest BCUT2D eigenvalue weighted by Crippen LogP contribution is -2.47. The lowest BCUT2D eigenvalue weighted by atomic mass is 9.73. The van der Waals surface area contributed by atoms with E-state index in [1.54, 1.807) is 13.8 Å². The summed E-state index contributed by atoms with van der Waals surface area (Å²) in [6.07, 6.45) is 6.83. The molecule has 1 aliphatic heterocycles. The van der Waals surface area contributed by atoms with Gasteiger partial charge in [-0.05, 0) is 44.9 Å². The summed E-state index contributed by atoms with van der Waals surface area (Å²) in [5, 5.41) is 20.4. The van der Waals surface area contributed by atoms with Gasteiger partial charge in [-0.1, -0.05) is 45.8 Å². The summed E-state index contributed by atoms with van der Waals surface area (Å²) in [6.45, 7) is 9.65. The first-order valence-corrected chi connectivity index (χ1v) is 9.81. The van der Waals surface area contributed by atoms with E-state index in [9.17, 15) is 19.8 Å². The first kappa shape index (κ1) is 22.8. The molecular formula is C21H36O5. The maximum atomic E-state index is 13.0. The Morgan fingerprint density at radius 3 is 2.54 bits per heavy atom. The van der Waals surface area contributed by atoms with E-state index in [4.69, 9.17) is 4.74 Å². The zero-order chi connectivity index (χ0) is 20.0. The summed E-state index contributed by atoms with van der Waals surface area (Å²) in [5.41, 5.74) is 0.222. The number of cyclic esters (lactones) is 1. The van der Waals surface area contributed by atoms with Crippen LogP contribution < -0.4 is 0 Å². The van der Waals surface area contributed by atoms with Crippen LogP contribution in [0.25, 0.3) is 0 Å². The fourth-order valence-electron chi connectivity index (χ4n) is 3.79. The van der Waals surface area contributed by atoms with Crippen molar-refractivity contribution < 1.29 is 24.5 Å². The normalized spacial score (nSPS) is 31.0. The van der Waals surface area contributed by atoms with E-state index in [-0.39, 0.29) is 24.7 Å². The van der Waals surface area contributed by atoms with Gasteiger partial charge in [0, 0.05) is 17.8 Å². The molecule has 0 saturated heterocycles.